The van der Waals surface area contributed by atoms with Gasteiger partial charge >= 0.3 is 0 Å². The average molecular weight is 330 g/mol. The highest BCUT2D eigenvalue weighted by Crippen LogP contribution is 2.51. The van der Waals surface area contributed by atoms with E-state index in [1.807, 2.05) is 0 Å². The Kier molecular flexibility index (Phi) is 3.56. The van der Waals surface area contributed by atoms with Gasteiger partial charge in [-0.2, -0.15) is 0 Å². The Bertz CT molecular complexity index is 618. The molecule has 0 fully saturated rings. The maximum Gasteiger partial charge on any atom is 0.287 e. The lowest BCUT2D eigenvalue weighted by Crippen LogP contribution is -1.83. The van der Waals surface area contributed by atoms with Crippen LogP contribution in [0.4, 0.5) is 0 Å². The Morgan fingerprint density at radius 3 is 2.12 bits per heavy atom. The molecular formula is C9H3Cl3O3S2. The number of hydrogen-bond acceptors (Lipinski definition) is 5. The predicted molar refractivity (Wildman–Crippen MR) is 72.3 cm³/mol. The summed E-state index contributed by atoms with van der Waals surface area (Å²) < 4.78 is -0.152. The van der Waals surface area contributed by atoms with Crippen molar-refractivity contribution in [2.45, 2.75) is 0 Å². The van der Waals surface area contributed by atoms with E-state index in [0.717, 1.165) is 22.7 Å². The predicted octanol–water partition coefficient (Wildman–Crippen LogP) is 4.21. The fourth-order valence-corrected chi connectivity index (χ4v) is 3.71. The maximum absolute atomic E-state index is 11.1. The first-order valence-corrected chi connectivity index (χ1v) is 6.94. The highest BCUT2D eigenvalue weighted by molar-refractivity contribution is 7.28. The minimum atomic E-state index is -0.419. The van der Waals surface area contributed by atoms with Crippen LogP contribution in [-0.2, 0) is 0 Å². The molecule has 0 bridgehead atoms. The molecule has 0 spiro atoms. The molecular weight excluding hydrogens is 327 g/mol. The zero-order chi connectivity index (χ0) is 12.7. The quantitative estimate of drug-likeness (QED) is 0.608. The van der Waals surface area contributed by atoms with Gasteiger partial charge < -0.3 is 10.2 Å². The smallest absolute Gasteiger partial charge is 0.287 e. The summed E-state index contributed by atoms with van der Waals surface area (Å²) in [4.78, 5) is 11.5. The van der Waals surface area contributed by atoms with E-state index in [1.165, 1.54) is 5.38 Å². The Labute approximate surface area is 118 Å². The summed E-state index contributed by atoms with van der Waals surface area (Å²) >= 11 is 19.2. The van der Waals surface area contributed by atoms with Gasteiger partial charge in [0.15, 0.2) is 5.75 Å². The summed E-state index contributed by atoms with van der Waals surface area (Å²) in [6, 6.07) is 0. The average Bonchev–Trinajstić information content (AvgIpc) is 2.71. The molecule has 90 valence electrons. The Morgan fingerprint density at radius 2 is 1.59 bits per heavy atom. The van der Waals surface area contributed by atoms with Crippen molar-refractivity contribution in [2.24, 2.45) is 0 Å². The fourth-order valence-electron chi connectivity index (χ4n) is 1.21. The molecule has 1 heterocycles. The lowest BCUT2D eigenvalue weighted by molar-refractivity contribution is 0.463. The van der Waals surface area contributed by atoms with Crippen molar-refractivity contribution in [3.8, 4) is 21.9 Å². The number of hydrogen-bond donors (Lipinski definition) is 2. The highest BCUT2D eigenvalue weighted by Gasteiger charge is 2.22. The molecule has 0 aliphatic heterocycles. The van der Waals surface area contributed by atoms with Gasteiger partial charge in [0.1, 0.15) is 15.8 Å². The third-order valence-electron chi connectivity index (χ3n) is 1.97. The van der Waals surface area contributed by atoms with Gasteiger partial charge in [0.05, 0.1) is 15.5 Å². The Balaban J connectivity index is 2.83. The van der Waals surface area contributed by atoms with Gasteiger partial charge in [-0.3, -0.25) is 4.79 Å². The van der Waals surface area contributed by atoms with Crippen LogP contribution in [0.2, 0.25) is 15.1 Å². The molecule has 0 unspecified atom stereocenters. The minimum Gasteiger partial charge on any atom is -0.506 e. The second-order valence-corrected chi connectivity index (χ2v) is 6.22. The molecule has 0 saturated heterocycles. The van der Waals surface area contributed by atoms with Gasteiger partial charge in [0, 0.05) is 5.38 Å². The molecule has 3 nitrogen and oxygen atoms in total. The molecule has 2 aromatic rings. The number of aromatic hydroxyl groups is 2. The Morgan fingerprint density at radius 1 is 1.00 bits per heavy atom. The van der Waals surface area contributed by atoms with E-state index in [0.29, 0.717) is 4.88 Å². The van der Waals surface area contributed by atoms with Gasteiger partial charge in [0.25, 0.3) is 4.06 Å². The summed E-state index contributed by atoms with van der Waals surface area (Å²) in [7, 11) is 0. The third-order valence-corrected chi connectivity index (χ3v) is 5.12. The molecule has 0 aliphatic carbocycles. The van der Waals surface area contributed by atoms with Gasteiger partial charge in [-0.15, -0.1) is 0 Å². The Hall–Kier alpha value is -0.460. The van der Waals surface area contributed by atoms with Crippen molar-refractivity contribution >= 4 is 57.5 Å². The van der Waals surface area contributed by atoms with E-state index in [-0.39, 0.29) is 30.4 Å². The van der Waals surface area contributed by atoms with E-state index in [2.05, 4.69) is 0 Å². The second kappa shape index (κ2) is 4.66. The highest BCUT2D eigenvalue weighted by atomic mass is 35.5. The van der Waals surface area contributed by atoms with Crippen molar-refractivity contribution in [3.05, 3.63) is 29.3 Å². The van der Waals surface area contributed by atoms with Crippen LogP contribution in [0.5, 0.6) is 11.5 Å². The summed E-state index contributed by atoms with van der Waals surface area (Å²) in [5.74, 6) is -0.773. The first-order chi connectivity index (χ1) is 7.93. The van der Waals surface area contributed by atoms with Crippen LogP contribution in [-0.4, -0.2) is 10.2 Å². The van der Waals surface area contributed by atoms with Crippen LogP contribution in [0.1, 0.15) is 0 Å². The maximum atomic E-state index is 11.1. The van der Waals surface area contributed by atoms with Crippen molar-refractivity contribution < 1.29 is 10.2 Å². The molecule has 8 heteroatoms. The SMILES string of the molecule is O=c1scc(-c2c(O)c(Cl)c(Cl)c(O)c2Cl)s1. The summed E-state index contributed by atoms with van der Waals surface area (Å²) in [6.07, 6.45) is 0. The minimum absolute atomic E-state index is 0.113. The number of phenols is 2. The van der Waals surface area contributed by atoms with Crippen LogP contribution in [0.25, 0.3) is 10.4 Å². The number of rotatable bonds is 1. The topological polar surface area (TPSA) is 57.5 Å². The van der Waals surface area contributed by atoms with Crippen LogP contribution in [0.15, 0.2) is 10.2 Å². The number of benzene rings is 1. The van der Waals surface area contributed by atoms with E-state index in [4.69, 9.17) is 34.8 Å². The van der Waals surface area contributed by atoms with E-state index >= 15 is 0 Å². The molecule has 17 heavy (non-hydrogen) atoms. The van der Waals surface area contributed by atoms with Crippen LogP contribution < -0.4 is 4.06 Å². The second-order valence-electron chi connectivity index (χ2n) is 2.97. The monoisotopic (exact) mass is 328 g/mol. The summed E-state index contributed by atoms with van der Waals surface area (Å²) in [5, 5.41) is 20.4. The molecule has 2 N–H and O–H groups in total. The van der Waals surface area contributed by atoms with Crippen molar-refractivity contribution in [2.75, 3.05) is 0 Å². The van der Waals surface area contributed by atoms with Gasteiger partial charge in [-0.05, 0) is 0 Å². The summed E-state index contributed by atoms with van der Waals surface area (Å²) in [5.41, 5.74) is 0.113. The zero-order valence-electron chi connectivity index (χ0n) is 7.83. The van der Waals surface area contributed by atoms with Crippen molar-refractivity contribution in [1.82, 2.24) is 0 Å². The zero-order valence-corrected chi connectivity index (χ0v) is 11.7. The number of phenolic OH excluding ortho intramolecular Hbond substituents is 2. The van der Waals surface area contributed by atoms with E-state index in [9.17, 15) is 15.0 Å². The lowest BCUT2D eigenvalue weighted by Gasteiger charge is -2.10. The van der Waals surface area contributed by atoms with Crippen LogP contribution >= 0.6 is 57.5 Å². The van der Waals surface area contributed by atoms with Crippen LogP contribution in [0, 0.1) is 0 Å². The fraction of sp³-hybridized carbons (Fsp3) is 0. The van der Waals surface area contributed by atoms with Gasteiger partial charge in [0.2, 0.25) is 0 Å². The van der Waals surface area contributed by atoms with Crippen LogP contribution in [0.3, 0.4) is 0 Å². The normalized spacial score (nSPS) is 10.8. The van der Waals surface area contributed by atoms with Crippen molar-refractivity contribution in [1.29, 1.82) is 0 Å². The lowest BCUT2D eigenvalue weighted by atomic mass is 10.1. The molecule has 0 saturated carbocycles. The van der Waals surface area contributed by atoms with E-state index < -0.39 is 5.75 Å². The first-order valence-electron chi connectivity index (χ1n) is 4.11. The summed E-state index contributed by atoms with van der Waals surface area (Å²) in [6.45, 7) is 0. The van der Waals surface area contributed by atoms with Gasteiger partial charge in [-0.25, -0.2) is 0 Å². The molecule has 0 radical (unpaired) electrons. The van der Waals surface area contributed by atoms with Crippen molar-refractivity contribution in [3.63, 3.8) is 0 Å². The molecule has 1 aromatic heterocycles. The molecule has 1 aromatic carbocycles. The molecule has 0 atom stereocenters. The molecule has 0 aliphatic rings. The standard InChI is InChI=1S/C9H3Cl3O3S2/c10-4-3(2-1-16-9(15)17-2)7(13)5(11)6(12)8(4)14/h1,13-14H. The number of halogens is 3. The third kappa shape index (κ3) is 2.13. The van der Waals surface area contributed by atoms with Gasteiger partial charge in [-0.1, -0.05) is 57.5 Å². The molecule has 2 rings (SSSR count). The molecule has 0 amide bonds. The first kappa shape index (κ1) is 13.0. The largest absolute Gasteiger partial charge is 0.506 e. The van der Waals surface area contributed by atoms with E-state index in [1.54, 1.807) is 0 Å².